The number of nitrogens with zero attached hydrogens (tertiary/aromatic N) is 3. The van der Waals surface area contributed by atoms with Gasteiger partial charge >= 0.3 is 0 Å². The van der Waals surface area contributed by atoms with Crippen LogP contribution in [0.3, 0.4) is 0 Å². The summed E-state index contributed by atoms with van der Waals surface area (Å²) < 4.78 is 5.50. The lowest BCUT2D eigenvalue weighted by Gasteiger charge is -2.25. The second-order valence-corrected chi connectivity index (χ2v) is 11.0. The van der Waals surface area contributed by atoms with E-state index in [4.69, 9.17) is 4.74 Å². The number of carbonyl (C=O) groups excluding carboxylic acids is 1. The Labute approximate surface area is 236 Å². The van der Waals surface area contributed by atoms with Crippen molar-refractivity contribution < 1.29 is 9.53 Å². The Balaban J connectivity index is 1.39. The Morgan fingerprint density at radius 3 is 2.51 bits per heavy atom. The maximum Gasteiger partial charge on any atom is 0.233 e. The van der Waals surface area contributed by atoms with Crippen LogP contribution in [-0.2, 0) is 11.3 Å². The van der Waals surface area contributed by atoms with E-state index in [0.29, 0.717) is 18.8 Å². The van der Waals surface area contributed by atoms with Crippen LogP contribution in [0.25, 0.3) is 10.9 Å². The highest BCUT2D eigenvalue weighted by molar-refractivity contribution is 8.00. The number of benzene rings is 3. The van der Waals surface area contributed by atoms with E-state index in [-0.39, 0.29) is 11.9 Å². The van der Waals surface area contributed by atoms with Gasteiger partial charge in [-0.1, -0.05) is 36.4 Å². The zero-order chi connectivity index (χ0) is 27.6. The monoisotopic (exact) mass is 542 g/mol. The fraction of sp³-hybridized carbons (Fsp3) is 0.312. The molecule has 4 aromatic rings. The Morgan fingerprint density at radius 1 is 1.03 bits per heavy atom. The van der Waals surface area contributed by atoms with Gasteiger partial charge in [0, 0.05) is 61.5 Å². The average Bonchev–Trinajstić information content (AvgIpc) is 2.96. The molecule has 7 heteroatoms. The zero-order valence-corrected chi connectivity index (χ0v) is 24.1. The molecular weight excluding hydrogens is 504 g/mol. The summed E-state index contributed by atoms with van der Waals surface area (Å²) >= 11 is 1.59. The molecule has 204 valence electrons. The third kappa shape index (κ3) is 8.14. The van der Waals surface area contributed by atoms with E-state index >= 15 is 0 Å². The van der Waals surface area contributed by atoms with Gasteiger partial charge in [-0.25, -0.2) is 0 Å². The summed E-state index contributed by atoms with van der Waals surface area (Å²) in [5, 5.41) is 4.66. The minimum atomic E-state index is 0.157. The van der Waals surface area contributed by atoms with Crippen molar-refractivity contribution in [2.45, 2.75) is 37.2 Å². The van der Waals surface area contributed by atoms with Crippen molar-refractivity contribution in [3.8, 4) is 5.75 Å². The molecule has 4 rings (SSSR count). The van der Waals surface area contributed by atoms with Crippen LogP contribution in [0.15, 0.2) is 90.0 Å². The molecule has 0 spiro atoms. The molecule has 0 aliphatic rings. The van der Waals surface area contributed by atoms with Crippen LogP contribution < -0.4 is 15.0 Å². The van der Waals surface area contributed by atoms with Gasteiger partial charge in [0.15, 0.2) is 0 Å². The van der Waals surface area contributed by atoms with E-state index in [9.17, 15) is 4.79 Å². The number of hydrogen-bond donors (Lipinski definition) is 1. The standard InChI is InChI=1S/C32H38N4O2S/c1-24(34-30-21-28(38-4)20-26-11-8-18-33-32(26)30)10-9-19-36(22-25-14-16-27(17-15-25)35(2)3)31(37)23-39-29-12-6-5-7-13-29/h5-8,11-18,20-21,24,34H,9-10,19,22-23H2,1-4H3. The van der Waals surface area contributed by atoms with E-state index in [2.05, 4.69) is 46.4 Å². The third-order valence-corrected chi connectivity index (χ3v) is 7.66. The average molecular weight is 543 g/mol. The number of anilines is 2. The summed E-state index contributed by atoms with van der Waals surface area (Å²) in [6.07, 6.45) is 3.62. The summed E-state index contributed by atoms with van der Waals surface area (Å²) in [4.78, 5) is 23.1. The number of hydrogen-bond acceptors (Lipinski definition) is 6. The minimum absolute atomic E-state index is 0.157. The van der Waals surface area contributed by atoms with Gasteiger partial charge in [0.25, 0.3) is 0 Å². The second kappa shape index (κ2) is 13.9. The highest BCUT2D eigenvalue weighted by Gasteiger charge is 2.16. The van der Waals surface area contributed by atoms with Crippen molar-refractivity contribution in [2.24, 2.45) is 0 Å². The molecule has 39 heavy (non-hydrogen) atoms. The highest BCUT2D eigenvalue weighted by atomic mass is 32.2. The molecule has 0 bridgehead atoms. The van der Waals surface area contributed by atoms with Crippen molar-refractivity contribution in [3.63, 3.8) is 0 Å². The lowest BCUT2D eigenvalue weighted by Crippen LogP contribution is -2.33. The number of nitrogens with one attached hydrogen (secondary N) is 1. The Hall–Kier alpha value is -3.71. The molecule has 0 saturated carbocycles. The zero-order valence-electron chi connectivity index (χ0n) is 23.3. The van der Waals surface area contributed by atoms with Crippen LogP contribution in [0.5, 0.6) is 5.75 Å². The largest absolute Gasteiger partial charge is 0.497 e. The molecule has 1 atom stereocenters. The van der Waals surface area contributed by atoms with Crippen LogP contribution in [0, 0.1) is 0 Å². The molecule has 0 saturated heterocycles. The van der Waals surface area contributed by atoms with Gasteiger partial charge in [0.05, 0.1) is 24.1 Å². The maximum atomic E-state index is 13.3. The first-order chi connectivity index (χ1) is 18.9. The van der Waals surface area contributed by atoms with Crippen molar-refractivity contribution in [1.82, 2.24) is 9.88 Å². The van der Waals surface area contributed by atoms with Crippen LogP contribution >= 0.6 is 11.8 Å². The summed E-state index contributed by atoms with van der Waals surface area (Å²) in [6, 6.07) is 26.7. The number of amides is 1. The van der Waals surface area contributed by atoms with Crippen LogP contribution in [0.4, 0.5) is 11.4 Å². The summed E-state index contributed by atoms with van der Waals surface area (Å²) in [5.41, 5.74) is 4.18. The lowest BCUT2D eigenvalue weighted by molar-refractivity contribution is -0.129. The minimum Gasteiger partial charge on any atom is -0.497 e. The summed E-state index contributed by atoms with van der Waals surface area (Å²) in [7, 11) is 5.75. The quantitative estimate of drug-likeness (QED) is 0.190. The number of thioether (sulfide) groups is 1. The molecule has 0 aliphatic carbocycles. The molecule has 1 heterocycles. The topological polar surface area (TPSA) is 57.7 Å². The van der Waals surface area contributed by atoms with Crippen LogP contribution in [0.2, 0.25) is 0 Å². The molecule has 0 aliphatic heterocycles. The van der Waals surface area contributed by atoms with Gasteiger partial charge in [-0.15, -0.1) is 11.8 Å². The van der Waals surface area contributed by atoms with Crippen LogP contribution in [0.1, 0.15) is 25.3 Å². The molecule has 0 radical (unpaired) electrons. The number of aromatic nitrogens is 1. The van der Waals surface area contributed by atoms with Crippen molar-refractivity contribution in [1.29, 1.82) is 0 Å². The predicted molar refractivity (Wildman–Crippen MR) is 164 cm³/mol. The summed E-state index contributed by atoms with van der Waals surface area (Å²) in [5.74, 6) is 1.39. The van der Waals surface area contributed by atoms with Crippen molar-refractivity contribution >= 4 is 39.9 Å². The van der Waals surface area contributed by atoms with Gasteiger partial charge < -0.3 is 19.9 Å². The van der Waals surface area contributed by atoms with Gasteiger partial charge in [-0.2, -0.15) is 0 Å². The Morgan fingerprint density at radius 2 is 1.79 bits per heavy atom. The van der Waals surface area contributed by atoms with Gasteiger partial charge in [-0.3, -0.25) is 9.78 Å². The van der Waals surface area contributed by atoms with Crippen molar-refractivity contribution in [3.05, 3.63) is 90.6 Å². The van der Waals surface area contributed by atoms with Gasteiger partial charge in [-0.05, 0) is 61.7 Å². The molecule has 1 unspecified atom stereocenters. The SMILES string of the molecule is COc1cc(NC(C)CCCN(Cc2ccc(N(C)C)cc2)C(=O)CSc2ccccc2)c2ncccc2c1. The second-order valence-electron chi connectivity index (χ2n) is 9.92. The van der Waals surface area contributed by atoms with E-state index in [1.54, 1.807) is 18.9 Å². The Bertz CT molecular complexity index is 1350. The van der Waals surface area contributed by atoms with E-state index in [1.165, 1.54) is 0 Å². The van der Waals surface area contributed by atoms with Crippen LogP contribution in [-0.4, -0.2) is 55.3 Å². The number of carbonyl (C=O) groups is 1. The van der Waals surface area contributed by atoms with Gasteiger partial charge in [0.1, 0.15) is 5.75 Å². The number of rotatable bonds is 13. The maximum absolute atomic E-state index is 13.3. The smallest absolute Gasteiger partial charge is 0.233 e. The first-order valence-electron chi connectivity index (χ1n) is 13.3. The molecule has 6 nitrogen and oxygen atoms in total. The first kappa shape index (κ1) is 28.3. The number of ether oxygens (including phenoxy) is 1. The predicted octanol–water partition coefficient (Wildman–Crippen LogP) is 6.71. The lowest BCUT2D eigenvalue weighted by atomic mass is 10.1. The number of fused-ring (bicyclic) bond motifs is 1. The molecule has 3 aromatic carbocycles. The normalized spacial score (nSPS) is 11.7. The summed E-state index contributed by atoms with van der Waals surface area (Å²) in [6.45, 7) is 3.48. The fourth-order valence-electron chi connectivity index (χ4n) is 4.48. The first-order valence-corrected chi connectivity index (χ1v) is 14.3. The number of methoxy groups -OCH3 is 1. The molecule has 1 amide bonds. The molecule has 1 N–H and O–H groups in total. The molecular formula is C32H38N4O2S. The fourth-order valence-corrected chi connectivity index (χ4v) is 5.31. The molecule has 1 aromatic heterocycles. The Kier molecular flexibility index (Phi) is 10.1. The van der Waals surface area contributed by atoms with Gasteiger partial charge in [0.2, 0.25) is 5.91 Å². The van der Waals surface area contributed by atoms with E-state index in [0.717, 1.165) is 51.3 Å². The highest BCUT2D eigenvalue weighted by Crippen LogP contribution is 2.28. The number of pyridine rings is 1. The van der Waals surface area contributed by atoms with E-state index < -0.39 is 0 Å². The third-order valence-electron chi connectivity index (χ3n) is 6.67. The van der Waals surface area contributed by atoms with Crippen molar-refractivity contribution in [2.75, 3.05) is 43.7 Å². The van der Waals surface area contributed by atoms with E-state index in [1.807, 2.05) is 79.8 Å². The molecule has 0 fully saturated rings.